The molecule has 0 aliphatic carbocycles. The molecule has 2 rings (SSSR count). The normalized spacial score (nSPS) is 14.1. The van der Waals surface area contributed by atoms with Crippen LogP contribution >= 0.6 is 11.6 Å². The molecule has 0 spiro atoms. The Morgan fingerprint density at radius 1 is 1.32 bits per heavy atom. The van der Waals surface area contributed by atoms with Crippen molar-refractivity contribution in [2.75, 3.05) is 6.54 Å². The molecule has 0 bridgehead atoms. The fourth-order valence-corrected chi connectivity index (χ4v) is 2.09. The molecule has 19 heavy (non-hydrogen) atoms. The molecule has 1 aromatic carbocycles. The Bertz CT molecular complexity index is 550. The van der Waals surface area contributed by atoms with E-state index in [2.05, 4.69) is 4.98 Å². The monoisotopic (exact) mass is 280 g/mol. The average Bonchev–Trinajstić information content (AvgIpc) is 2.44. The van der Waals surface area contributed by atoms with Gasteiger partial charge < -0.3 is 10.8 Å². The van der Waals surface area contributed by atoms with Crippen molar-refractivity contribution in [3.8, 4) is 0 Å². The zero-order valence-electron chi connectivity index (χ0n) is 10.1. The highest BCUT2D eigenvalue weighted by atomic mass is 35.5. The molecule has 100 valence electrons. The van der Waals surface area contributed by atoms with E-state index in [0.29, 0.717) is 5.56 Å². The average molecular weight is 281 g/mol. The van der Waals surface area contributed by atoms with Gasteiger partial charge in [-0.3, -0.25) is 4.98 Å². The Balaban J connectivity index is 2.30. The highest BCUT2D eigenvalue weighted by Crippen LogP contribution is 2.31. The van der Waals surface area contributed by atoms with Crippen LogP contribution in [0.2, 0.25) is 5.02 Å². The molecule has 2 unspecified atom stereocenters. The third-order valence-electron chi connectivity index (χ3n) is 3.03. The summed E-state index contributed by atoms with van der Waals surface area (Å²) in [5.74, 6) is -0.894. The first-order valence-electron chi connectivity index (χ1n) is 5.86. The van der Waals surface area contributed by atoms with Crippen molar-refractivity contribution in [2.45, 2.75) is 12.0 Å². The van der Waals surface area contributed by atoms with Gasteiger partial charge in [-0.1, -0.05) is 23.7 Å². The summed E-state index contributed by atoms with van der Waals surface area (Å²) in [4.78, 5) is 4.00. The highest BCUT2D eigenvalue weighted by molar-refractivity contribution is 6.30. The topological polar surface area (TPSA) is 59.1 Å². The number of aliphatic hydroxyl groups excluding tert-OH is 1. The van der Waals surface area contributed by atoms with Crippen molar-refractivity contribution < 1.29 is 9.50 Å². The molecular formula is C14H14ClFN2O. The lowest BCUT2D eigenvalue weighted by atomic mass is 9.90. The maximum absolute atomic E-state index is 13.4. The van der Waals surface area contributed by atoms with Crippen LogP contribution in [0.15, 0.2) is 42.7 Å². The minimum absolute atomic E-state index is 0.0293. The molecule has 0 saturated carbocycles. The van der Waals surface area contributed by atoms with Crippen molar-refractivity contribution in [3.05, 3.63) is 64.7 Å². The molecule has 1 heterocycles. The van der Waals surface area contributed by atoms with Gasteiger partial charge in [0, 0.05) is 24.9 Å². The second kappa shape index (κ2) is 6.10. The second-order valence-corrected chi connectivity index (χ2v) is 4.65. The Morgan fingerprint density at radius 2 is 2.11 bits per heavy atom. The summed E-state index contributed by atoms with van der Waals surface area (Å²) in [6.45, 7) is 0.233. The third-order valence-corrected chi connectivity index (χ3v) is 3.34. The quantitative estimate of drug-likeness (QED) is 0.905. The number of rotatable bonds is 4. The Labute approximate surface area is 115 Å². The van der Waals surface area contributed by atoms with E-state index in [1.807, 2.05) is 6.07 Å². The fraction of sp³-hybridized carbons (Fsp3) is 0.214. The number of hydrogen-bond acceptors (Lipinski definition) is 3. The Morgan fingerprint density at radius 3 is 2.68 bits per heavy atom. The molecule has 0 amide bonds. The summed E-state index contributed by atoms with van der Waals surface area (Å²) in [6.07, 6.45) is 2.39. The van der Waals surface area contributed by atoms with Gasteiger partial charge in [-0.2, -0.15) is 0 Å². The van der Waals surface area contributed by atoms with Crippen LogP contribution in [0.3, 0.4) is 0 Å². The van der Waals surface area contributed by atoms with Crippen molar-refractivity contribution in [1.82, 2.24) is 4.98 Å². The van der Waals surface area contributed by atoms with Crippen LogP contribution in [0.5, 0.6) is 0 Å². The lowest BCUT2D eigenvalue weighted by Crippen LogP contribution is -2.20. The molecule has 3 nitrogen and oxygen atoms in total. The molecule has 0 saturated heterocycles. The van der Waals surface area contributed by atoms with Crippen LogP contribution in [-0.2, 0) is 0 Å². The maximum atomic E-state index is 13.4. The number of benzene rings is 1. The van der Waals surface area contributed by atoms with Crippen molar-refractivity contribution in [2.24, 2.45) is 5.73 Å². The fourth-order valence-electron chi connectivity index (χ4n) is 1.97. The van der Waals surface area contributed by atoms with E-state index >= 15 is 0 Å². The van der Waals surface area contributed by atoms with Gasteiger partial charge in [0.15, 0.2) is 0 Å². The summed E-state index contributed by atoms with van der Waals surface area (Å²) >= 11 is 5.62. The molecule has 0 radical (unpaired) electrons. The first-order valence-corrected chi connectivity index (χ1v) is 6.24. The van der Waals surface area contributed by atoms with E-state index in [-0.39, 0.29) is 17.5 Å². The van der Waals surface area contributed by atoms with E-state index in [9.17, 15) is 9.50 Å². The van der Waals surface area contributed by atoms with E-state index in [1.54, 1.807) is 24.5 Å². The van der Waals surface area contributed by atoms with E-state index in [0.717, 1.165) is 5.56 Å². The van der Waals surface area contributed by atoms with Gasteiger partial charge in [-0.05, 0) is 29.3 Å². The molecule has 0 aliphatic heterocycles. The molecule has 0 aliphatic rings. The molecule has 5 heteroatoms. The number of halogens is 2. The summed E-state index contributed by atoms with van der Waals surface area (Å²) in [6, 6.07) is 7.85. The number of pyridine rings is 1. The predicted molar refractivity (Wildman–Crippen MR) is 72.4 cm³/mol. The predicted octanol–water partition coefficient (Wildman–Crippen LogP) is 2.65. The smallest absolute Gasteiger partial charge is 0.142 e. The van der Waals surface area contributed by atoms with E-state index in [4.69, 9.17) is 17.3 Å². The minimum Gasteiger partial charge on any atom is -0.388 e. The number of hydrogen-bond donors (Lipinski definition) is 2. The summed E-state index contributed by atoms with van der Waals surface area (Å²) in [7, 11) is 0. The van der Waals surface area contributed by atoms with E-state index < -0.39 is 11.9 Å². The molecule has 2 aromatic rings. The van der Waals surface area contributed by atoms with Gasteiger partial charge in [0.05, 0.1) is 11.1 Å². The van der Waals surface area contributed by atoms with Gasteiger partial charge >= 0.3 is 0 Å². The largest absolute Gasteiger partial charge is 0.388 e. The van der Waals surface area contributed by atoms with Crippen molar-refractivity contribution >= 4 is 11.6 Å². The molecular weight excluding hydrogens is 267 g/mol. The van der Waals surface area contributed by atoms with Gasteiger partial charge in [-0.15, -0.1) is 0 Å². The Kier molecular flexibility index (Phi) is 4.47. The lowest BCUT2D eigenvalue weighted by molar-refractivity contribution is 0.147. The van der Waals surface area contributed by atoms with Gasteiger partial charge in [-0.25, -0.2) is 4.39 Å². The SMILES string of the molecule is NCC(c1cccnc1)C(O)c1ccc(Cl)c(F)c1. The van der Waals surface area contributed by atoms with Gasteiger partial charge in [0.2, 0.25) is 0 Å². The van der Waals surface area contributed by atoms with Crippen LogP contribution in [0.1, 0.15) is 23.1 Å². The minimum atomic E-state index is -0.902. The summed E-state index contributed by atoms with van der Waals surface area (Å²) in [5.41, 5.74) is 6.96. The van der Waals surface area contributed by atoms with Crippen LogP contribution in [-0.4, -0.2) is 16.6 Å². The van der Waals surface area contributed by atoms with Crippen molar-refractivity contribution in [3.63, 3.8) is 0 Å². The van der Waals surface area contributed by atoms with Crippen molar-refractivity contribution in [1.29, 1.82) is 0 Å². The summed E-state index contributed by atoms with van der Waals surface area (Å²) < 4.78 is 13.4. The highest BCUT2D eigenvalue weighted by Gasteiger charge is 2.22. The Hall–Kier alpha value is -1.49. The van der Waals surface area contributed by atoms with E-state index in [1.165, 1.54) is 12.1 Å². The maximum Gasteiger partial charge on any atom is 0.142 e. The zero-order chi connectivity index (χ0) is 13.8. The van der Waals surface area contributed by atoms with Gasteiger partial charge in [0.25, 0.3) is 0 Å². The number of aromatic nitrogens is 1. The van der Waals surface area contributed by atoms with Crippen LogP contribution in [0.4, 0.5) is 4.39 Å². The molecule has 3 N–H and O–H groups in total. The number of nitrogens with two attached hydrogens (primary N) is 1. The lowest BCUT2D eigenvalue weighted by Gasteiger charge is -2.22. The second-order valence-electron chi connectivity index (χ2n) is 4.25. The number of nitrogens with zero attached hydrogens (tertiary/aromatic N) is 1. The third kappa shape index (κ3) is 3.10. The molecule has 1 aromatic heterocycles. The zero-order valence-corrected chi connectivity index (χ0v) is 10.9. The molecule has 2 atom stereocenters. The number of aliphatic hydroxyl groups is 1. The summed E-state index contributed by atoms with van der Waals surface area (Å²) in [5, 5.41) is 10.4. The van der Waals surface area contributed by atoms with Crippen LogP contribution in [0.25, 0.3) is 0 Å². The first kappa shape index (κ1) is 13.9. The van der Waals surface area contributed by atoms with Crippen LogP contribution in [0, 0.1) is 5.82 Å². The molecule has 0 fully saturated rings. The first-order chi connectivity index (χ1) is 9.13. The standard InChI is InChI=1S/C14H14ClFN2O/c15-12-4-3-9(6-13(12)16)14(19)11(7-17)10-2-1-5-18-8-10/h1-6,8,11,14,19H,7,17H2. The van der Waals surface area contributed by atoms with Crippen LogP contribution < -0.4 is 5.73 Å². The van der Waals surface area contributed by atoms with Gasteiger partial charge in [0.1, 0.15) is 5.82 Å².